The molecule has 0 spiro atoms. The van der Waals surface area contributed by atoms with E-state index in [0.717, 1.165) is 13.0 Å². The fraction of sp³-hybridized carbons (Fsp3) is 0.900. The van der Waals surface area contributed by atoms with E-state index in [1.165, 1.54) is 38.8 Å². The number of ketones is 1. The van der Waals surface area contributed by atoms with Crippen LogP contribution in [0.5, 0.6) is 0 Å². The lowest BCUT2D eigenvalue weighted by atomic mass is 10.2. The van der Waals surface area contributed by atoms with Crippen LogP contribution >= 0.6 is 0 Å². The van der Waals surface area contributed by atoms with Gasteiger partial charge in [0.2, 0.25) is 0 Å². The molecule has 0 aromatic heterocycles. The molecule has 2 aliphatic rings. The van der Waals surface area contributed by atoms with Crippen molar-refractivity contribution in [1.29, 1.82) is 0 Å². The summed E-state index contributed by atoms with van der Waals surface area (Å²) in [5, 5.41) is 0. The van der Waals surface area contributed by atoms with E-state index in [0.29, 0.717) is 11.7 Å². The molecule has 0 N–H and O–H groups in total. The quantitative estimate of drug-likeness (QED) is 0.631. The maximum Gasteiger partial charge on any atom is 0.137 e. The zero-order chi connectivity index (χ0) is 8.39. The smallest absolute Gasteiger partial charge is 0.137 e. The molecule has 0 unspecified atom stereocenters. The topological polar surface area (TPSA) is 20.3 Å². The first-order valence-corrected chi connectivity index (χ1v) is 5.11. The van der Waals surface area contributed by atoms with Gasteiger partial charge >= 0.3 is 0 Å². The normalized spacial score (nSPS) is 24.7. The first-order valence-electron chi connectivity index (χ1n) is 5.11. The number of carbonyl (C=O) groups is 1. The SMILES string of the molecule is O=C(CCN1CCCC1)C1CC1. The molecule has 1 aliphatic heterocycles. The summed E-state index contributed by atoms with van der Waals surface area (Å²) in [6, 6.07) is 0. The van der Waals surface area contributed by atoms with Crippen LogP contribution in [-0.4, -0.2) is 30.3 Å². The number of nitrogens with zero attached hydrogens (tertiary/aromatic N) is 1. The molecule has 2 heteroatoms. The highest BCUT2D eigenvalue weighted by Crippen LogP contribution is 2.30. The largest absolute Gasteiger partial charge is 0.303 e. The second-order valence-corrected chi connectivity index (χ2v) is 4.04. The summed E-state index contributed by atoms with van der Waals surface area (Å²) >= 11 is 0. The lowest BCUT2D eigenvalue weighted by Gasteiger charge is -2.12. The van der Waals surface area contributed by atoms with E-state index < -0.39 is 0 Å². The summed E-state index contributed by atoms with van der Waals surface area (Å²) in [5.41, 5.74) is 0. The van der Waals surface area contributed by atoms with Gasteiger partial charge in [0.05, 0.1) is 0 Å². The molecule has 0 aromatic rings. The summed E-state index contributed by atoms with van der Waals surface area (Å²) in [7, 11) is 0. The van der Waals surface area contributed by atoms with Crippen molar-refractivity contribution in [2.24, 2.45) is 5.92 Å². The number of hydrogen-bond acceptors (Lipinski definition) is 2. The van der Waals surface area contributed by atoms with Crippen molar-refractivity contribution in [2.75, 3.05) is 19.6 Å². The molecular formula is C10H17NO. The molecule has 0 atom stereocenters. The van der Waals surface area contributed by atoms with E-state index in [2.05, 4.69) is 4.90 Å². The Labute approximate surface area is 73.9 Å². The molecule has 1 saturated carbocycles. The van der Waals surface area contributed by atoms with Crippen molar-refractivity contribution >= 4 is 5.78 Å². The van der Waals surface area contributed by atoms with Crippen molar-refractivity contribution in [3.05, 3.63) is 0 Å². The molecule has 2 nitrogen and oxygen atoms in total. The van der Waals surface area contributed by atoms with E-state index in [9.17, 15) is 4.79 Å². The maximum absolute atomic E-state index is 11.3. The van der Waals surface area contributed by atoms with Crippen LogP contribution in [0.4, 0.5) is 0 Å². The van der Waals surface area contributed by atoms with Crippen molar-refractivity contribution in [3.63, 3.8) is 0 Å². The Morgan fingerprint density at radius 2 is 1.92 bits per heavy atom. The van der Waals surface area contributed by atoms with Gasteiger partial charge in [-0.05, 0) is 38.8 Å². The number of rotatable bonds is 4. The maximum atomic E-state index is 11.3. The predicted octanol–water partition coefficient (Wildman–Crippen LogP) is 1.45. The minimum Gasteiger partial charge on any atom is -0.303 e. The van der Waals surface area contributed by atoms with Gasteiger partial charge in [0, 0.05) is 18.9 Å². The number of Topliss-reactive ketones (excluding diaryl/α,β-unsaturated/α-hetero) is 1. The molecule has 2 rings (SSSR count). The standard InChI is InChI=1S/C10H17NO/c12-10(9-3-4-9)5-8-11-6-1-2-7-11/h9H,1-8H2. The fourth-order valence-electron chi connectivity index (χ4n) is 1.88. The minimum absolute atomic E-state index is 0.465. The Morgan fingerprint density at radius 1 is 1.25 bits per heavy atom. The van der Waals surface area contributed by atoms with Gasteiger partial charge in [0.1, 0.15) is 5.78 Å². The van der Waals surface area contributed by atoms with E-state index in [1.54, 1.807) is 0 Å². The van der Waals surface area contributed by atoms with Crippen LogP contribution in [0, 0.1) is 5.92 Å². The average Bonchev–Trinajstić information content (AvgIpc) is 2.80. The highest BCUT2D eigenvalue weighted by atomic mass is 16.1. The Balaban J connectivity index is 1.63. The zero-order valence-corrected chi connectivity index (χ0v) is 7.59. The van der Waals surface area contributed by atoms with Gasteiger partial charge in [-0.1, -0.05) is 0 Å². The van der Waals surface area contributed by atoms with Crippen LogP contribution in [0.1, 0.15) is 32.1 Å². The van der Waals surface area contributed by atoms with Gasteiger partial charge in [-0.2, -0.15) is 0 Å². The third-order valence-corrected chi connectivity index (χ3v) is 2.91. The first kappa shape index (κ1) is 8.24. The van der Waals surface area contributed by atoms with Crippen LogP contribution in [0.3, 0.4) is 0 Å². The fourth-order valence-corrected chi connectivity index (χ4v) is 1.88. The van der Waals surface area contributed by atoms with Gasteiger partial charge in [-0.15, -0.1) is 0 Å². The third-order valence-electron chi connectivity index (χ3n) is 2.91. The van der Waals surface area contributed by atoms with Gasteiger partial charge < -0.3 is 4.90 Å². The summed E-state index contributed by atoms with van der Waals surface area (Å²) < 4.78 is 0. The zero-order valence-electron chi connectivity index (χ0n) is 7.59. The average molecular weight is 167 g/mol. The van der Waals surface area contributed by atoms with E-state index in [1.807, 2.05) is 0 Å². The second kappa shape index (κ2) is 3.56. The summed E-state index contributed by atoms with van der Waals surface area (Å²) in [6.45, 7) is 3.46. The van der Waals surface area contributed by atoms with Gasteiger partial charge in [-0.3, -0.25) is 4.79 Å². The van der Waals surface area contributed by atoms with Crippen LogP contribution in [-0.2, 0) is 4.79 Å². The van der Waals surface area contributed by atoms with Crippen molar-refractivity contribution < 1.29 is 4.79 Å². The van der Waals surface area contributed by atoms with Crippen LogP contribution in [0.15, 0.2) is 0 Å². The Morgan fingerprint density at radius 3 is 2.50 bits per heavy atom. The number of hydrogen-bond donors (Lipinski definition) is 0. The molecule has 0 aromatic carbocycles. The molecule has 68 valence electrons. The highest BCUT2D eigenvalue weighted by molar-refractivity contribution is 5.83. The van der Waals surface area contributed by atoms with Crippen molar-refractivity contribution in [3.8, 4) is 0 Å². The minimum atomic E-state index is 0.465. The molecule has 2 fully saturated rings. The van der Waals surface area contributed by atoms with Crippen molar-refractivity contribution in [2.45, 2.75) is 32.1 Å². The van der Waals surface area contributed by atoms with E-state index in [4.69, 9.17) is 0 Å². The number of likely N-dealkylation sites (tertiary alicyclic amines) is 1. The van der Waals surface area contributed by atoms with Gasteiger partial charge in [-0.25, -0.2) is 0 Å². The molecule has 0 bridgehead atoms. The van der Waals surface area contributed by atoms with E-state index >= 15 is 0 Å². The lowest BCUT2D eigenvalue weighted by molar-refractivity contribution is -0.120. The molecular weight excluding hydrogens is 150 g/mol. The first-order chi connectivity index (χ1) is 5.86. The Kier molecular flexibility index (Phi) is 2.45. The molecule has 1 heterocycles. The molecule has 1 aliphatic carbocycles. The lowest BCUT2D eigenvalue weighted by Crippen LogP contribution is -2.23. The monoisotopic (exact) mass is 167 g/mol. The van der Waals surface area contributed by atoms with Crippen LogP contribution in [0.2, 0.25) is 0 Å². The van der Waals surface area contributed by atoms with Gasteiger partial charge in [0.15, 0.2) is 0 Å². The van der Waals surface area contributed by atoms with Crippen molar-refractivity contribution in [1.82, 2.24) is 4.90 Å². The Hall–Kier alpha value is -0.370. The molecule has 0 radical (unpaired) electrons. The molecule has 0 amide bonds. The van der Waals surface area contributed by atoms with E-state index in [-0.39, 0.29) is 0 Å². The van der Waals surface area contributed by atoms with Gasteiger partial charge in [0.25, 0.3) is 0 Å². The van der Waals surface area contributed by atoms with Crippen LogP contribution < -0.4 is 0 Å². The summed E-state index contributed by atoms with van der Waals surface area (Å²) in [6.07, 6.45) is 5.80. The molecule has 1 saturated heterocycles. The Bertz CT molecular complexity index is 169. The molecule has 12 heavy (non-hydrogen) atoms. The third kappa shape index (κ3) is 2.07. The summed E-state index contributed by atoms with van der Waals surface area (Å²) in [5.74, 6) is 0.981. The summed E-state index contributed by atoms with van der Waals surface area (Å²) in [4.78, 5) is 13.8. The predicted molar refractivity (Wildman–Crippen MR) is 48.0 cm³/mol. The highest BCUT2D eigenvalue weighted by Gasteiger charge is 2.29. The second-order valence-electron chi connectivity index (χ2n) is 4.04. The van der Waals surface area contributed by atoms with Crippen LogP contribution in [0.25, 0.3) is 0 Å². The number of carbonyl (C=O) groups excluding carboxylic acids is 1.